The number of halogens is 1. The summed E-state index contributed by atoms with van der Waals surface area (Å²) in [6.07, 6.45) is 7.39. The lowest BCUT2D eigenvalue weighted by molar-refractivity contribution is -0.131. The minimum absolute atomic E-state index is 0.0218. The van der Waals surface area contributed by atoms with Crippen LogP contribution in [0.4, 0.5) is 17.5 Å². The molecule has 1 aliphatic heterocycles. The molecule has 0 aliphatic carbocycles. The summed E-state index contributed by atoms with van der Waals surface area (Å²) < 4.78 is 1.68. The zero-order valence-corrected chi connectivity index (χ0v) is 15.8. The molecular weight excluding hydrogens is 368 g/mol. The van der Waals surface area contributed by atoms with E-state index in [9.17, 15) is 4.79 Å². The maximum absolute atomic E-state index is 12.2. The highest BCUT2D eigenvalue weighted by Crippen LogP contribution is 2.23. The van der Waals surface area contributed by atoms with E-state index in [0.717, 1.165) is 25.1 Å². The molecule has 1 saturated heterocycles. The maximum atomic E-state index is 12.2. The Morgan fingerprint density at radius 3 is 3.07 bits per heavy atom. The molecule has 1 aliphatic rings. The van der Waals surface area contributed by atoms with Gasteiger partial charge in [0.2, 0.25) is 11.9 Å². The molecule has 0 spiro atoms. The van der Waals surface area contributed by atoms with Gasteiger partial charge in [0.05, 0.1) is 24.2 Å². The second kappa shape index (κ2) is 8.68. The van der Waals surface area contributed by atoms with Crippen LogP contribution in [0.15, 0.2) is 18.6 Å². The van der Waals surface area contributed by atoms with Gasteiger partial charge in [-0.2, -0.15) is 15.3 Å². The van der Waals surface area contributed by atoms with Crippen molar-refractivity contribution >= 4 is 35.0 Å². The number of anilines is 3. The minimum atomic E-state index is 0.0218. The van der Waals surface area contributed by atoms with Gasteiger partial charge < -0.3 is 15.5 Å². The molecule has 2 N–H and O–H groups in total. The van der Waals surface area contributed by atoms with Crippen molar-refractivity contribution < 1.29 is 4.79 Å². The summed E-state index contributed by atoms with van der Waals surface area (Å²) in [5.41, 5.74) is 0.774. The van der Waals surface area contributed by atoms with Crippen molar-refractivity contribution in [2.45, 2.75) is 31.7 Å². The van der Waals surface area contributed by atoms with Gasteiger partial charge in [-0.15, -0.1) is 0 Å². The number of aryl methyl sites for hydroxylation is 1. The van der Waals surface area contributed by atoms with E-state index in [2.05, 4.69) is 25.7 Å². The molecule has 0 radical (unpaired) electrons. The number of hydrogen-bond donors (Lipinski definition) is 2. The van der Waals surface area contributed by atoms with Gasteiger partial charge in [-0.25, -0.2) is 4.98 Å². The number of nitrogens with one attached hydrogen (secondary N) is 2. The van der Waals surface area contributed by atoms with E-state index >= 15 is 0 Å². The molecule has 0 aromatic carbocycles. The molecule has 1 fully saturated rings. The summed E-state index contributed by atoms with van der Waals surface area (Å²) in [5, 5.41) is 19.5. The Hall–Kier alpha value is -2.86. The van der Waals surface area contributed by atoms with Crippen LogP contribution in [0.5, 0.6) is 0 Å². The lowest BCUT2D eigenvalue weighted by atomic mass is 10.2. The summed E-state index contributed by atoms with van der Waals surface area (Å²) in [4.78, 5) is 22.7. The van der Waals surface area contributed by atoms with E-state index in [1.165, 1.54) is 6.20 Å². The van der Waals surface area contributed by atoms with E-state index in [1.807, 2.05) is 24.2 Å². The average molecular weight is 389 g/mol. The molecule has 3 rings (SSSR count). The molecule has 0 bridgehead atoms. The molecule has 9 nitrogen and oxygen atoms in total. The van der Waals surface area contributed by atoms with Gasteiger partial charge in [-0.05, 0) is 12.8 Å². The van der Waals surface area contributed by atoms with Gasteiger partial charge in [0.15, 0.2) is 5.82 Å². The first-order valence-electron chi connectivity index (χ1n) is 8.75. The number of carbonyl (C=O) groups is 1. The summed E-state index contributed by atoms with van der Waals surface area (Å²) in [5.74, 6) is 0.936. The van der Waals surface area contributed by atoms with Crippen molar-refractivity contribution in [1.29, 1.82) is 5.26 Å². The Bertz CT molecular complexity index is 846. The molecular formula is C17H21ClN8O. The number of likely N-dealkylation sites (tertiary alicyclic amines) is 1. The second-order valence-corrected chi connectivity index (χ2v) is 6.75. The van der Waals surface area contributed by atoms with Gasteiger partial charge in [0.25, 0.3) is 0 Å². The number of aromatic nitrogens is 4. The van der Waals surface area contributed by atoms with Gasteiger partial charge in [0, 0.05) is 45.2 Å². The zero-order valence-electron chi connectivity index (χ0n) is 15.0. The van der Waals surface area contributed by atoms with Crippen LogP contribution in [-0.2, 0) is 11.8 Å². The van der Waals surface area contributed by atoms with E-state index in [1.54, 1.807) is 10.9 Å². The third-order valence-corrected chi connectivity index (χ3v) is 4.64. The standard InChI is InChI=1S/C17H21ClN8O/c1-25-11-12(8-22-25)23-17-21-10-14(18)16(24-17)20-9-13-4-3-7-26(13)15(27)5-2-6-19/h8,10-11,13H,2-5,7,9H2,1H3,(H2,20,21,23,24). The lowest BCUT2D eigenvalue weighted by Gasteiger charge is -2.25. The molecule has 2 aromatic heterocycles. The number of hydrogen-bond acceptors (Lipinski definition) is 7. The quantitative estimate of drug-likeness (QED) is 0.748. The highest BCUT2D eigenvalue weighted by molar-refractivity contribution is 6.32. The first-order valence-corrected chi connectivity index (χ1v) is 9.13. The largest absolute Gasteiger partial charge is 0.367 e. The molecule has 1 atom stereocenters. The van der Waals surface area contributed by atoms with Crippen LogP contribution >= 0.6 is 11.6 Å². The smallest absolute Gasteiger partial charge is 0.229 e. The molecule has 0 saturated carbocycles. The van der Waals surface area contributed by atoms with Crippen molar-refractivity contribution in [2.24, 2.45) is 7.05 Å². The van der Waals surface area contributed by atoms with Crippen LogP contribution in [0.3, 0.4) is 0 Å². The first-order chi connectivity index (χ1) is 13.1. The molecule has 142 valence electrons. The molecule has 27 heavy (non-hydrogen) atoms. The predicted octanol–water partition coefficient (Wildman–Crippen LogP) is 2.31. The Morgan fingerprint density at radius 2 is 2.33 bits per heavy atom. The van der Waals surface area contributed by atoms with E-state index in [-0.39, 0.29) is 24.8 Å². The summed E-state index contributed by atoms with van der Waals surface area (Å²) in [6, 6.07) is 2.09. The van der Waals surface area contributed by atoms with Crippen LogP contribution < -0.4 is 10.6 Å². The number of nitriles is 1. The fourth-order valence-electron chi connectivity index (χ4n) is 3.06. The minimum Gasteiger partial charge on any atom is -0.367 e. The maximum Gasteiger partial charge on any atom is 0.229 e. The van der Waals surface area contributed by atoms with Crippen LogP contribution in [0.25, 0.3) is 0 Å². The number of rotatable bonds is 7. The van der Waals surface area contributed by atoms with Gasteiger partial charge in [0.1, 0.15) is 5.02 Å². The Morgan fingerprint density at radius 1 is 1.48 bits per heavy atom. The first kappa shape index (κ1) is 18.9. The fraction of sp³-hybridized carbons (Fsp3) is 0.471. The Kier molecular flexibility index (Phi) is 6.08. The SMILES string of the molecule is Cn1cc(Nc2ncc(Cl)c(NCC3CCCN3C(=O)CCC#N)n2)cn1. The van der Waals surface area contributed by atoms with Crippen molar-refractivity contribution in [1.82, 2.24) is 24.6 Å². The van der Waals surface area contributed by atoms with Crippen LogP contribution in [0.1, 0.15) is 25.7 Å². The van der Waals surface area contributed by atoms with Crippen LogP contribution in [0, 0.1) is 11.3 Å². The van der Waals surface area contributed by atoms with Crippen molar-refractivity contribution in [2.75, 3.05) is 23.7 Å². The highest BCUT2D eigenvalue weighted by Gasteiger charge is 2.28. The van der Waals surface area contributed by atoms with Crippen LogP contribution in [0.2, 0.25) is 5.02 Å². The average Bonchev–Trinajstić information content (AvgIpc) is 3.29. The molecule has 2 aromatic rings. The predicted molar refractivity (Wildman–Crippen MR) is 102 cm³/mol. The monoisotopic (exact) mass is 388 g/mol. The Labute approximate surface area is 162 Å². The second-order valence-electron chi connectivity index (χ2n) is 6.34. The summed E-state index contributed by atoms with van der Waals surface area (Å²) in [6.45, 7) is 1.27. The van der Waals surface area contributed by atoms with Gasteiger partial charge >= 0.3 is 0 Å². The van der Waals surface area contributed by atoms with E-state index in [4.69, 9.17) is 16.9 Å². The summed E-state index contributed by atoms with van der Waals surface area (Å²) in [7, 11) is 1.83. The Balaban J connectivity index is 1.62. The van der Waals surface area contributed by atoms with Crippen molar-refractivity contribution in [3.8, 4) is 6.07 Å². The molecule has 1 unspecified atom stereocenters. The molecule has 3 heterocycles. The number of nitrogens with zero attached hydrogens (tertiary/aromatic N) is 6. The van der Waals surface area contributed by atoms with Gasteiger partial charge in [-0.1, -0.05) is 11.6 Å². The molecule has 1 amide bonds. The lowest BCUT2D eigenvalue weighted by Crippen LogP contribution is -2.39. The van der Waals surface area contributed by atoms with Crippen molar-refractivity contribution in [3.63, 3.8) is 0 Å². The normalized spacial score (nSPS) is 16.2. The van der Waals surface area contributed by atoms with E-state index < -0.39 is 0 Å². The third kappa shape index (κ3) is 4.86. The van der Waals surface area contributed by atoms with Crippen molar-refractivity contribution in [3.05, 3.63) is 23.6 Å². The van der Waals surface area contributed by atoms with Gasteiger partial charge in [-0.3, -0.25) is 9.48 Å². The fourth-order valence-corrected chi connectivity index (χ4v) is 3.22. The number of carbonyl (C=O) groups excluding carboxylic acids is 1. The summed E-state index contributed by atoms with van der Waals surface area (Å²) >= 11 is 6.21. The third-order valence-electron chi connectivity index (χ3n) is 4.36. The van der Waals surface area contributed by atoms with Crippen LogP contribution in [-0.4, -0.2) is 49.7 Å². The highest BCUT2D eigenvalue weighted by atomic mass is 35.5. The number of amides is 1. The zero-order chi connectivity index (χ0) is 19.2. The molecule has 10 heteroatoms. The van der Waals surface area contributed by atoms with E-state index in [0.29, 0.717) is 23.3 Å². The topological polar surface area (TPSA) is 112 Å².